The van der Waals surface area contributed by atoms with Crippen LogP contribution in [0.3, 0.4) is 0 Å². The molecule has 0 saturated carbocycles. The lowest BCUT2D eigenvalue weighted by atomic mass is 10.1. The molecule has 0 aromatic heterocycles. The maximum atomic E-state index is 13.4. The number of hydrogen-bond acceptors (Lipinski definition) is 6. The van der Waals surface area contributed by atoms with Crippen molar-refractivity contribution in [3.63, 3.8) is 0 Å². The Morgan fingerprint density at radius 2 is 1.79 bits per heavy atom. The molecule has 0 radical (unpaired) electrons. The first kappa shape index (κ1) is 26.0. The monoisotopic (exact) mass is 477 g/mol. The van der Waals surface area contributed by atoms with Crippen molar-refractivity contribution in [2.45, 2.75) is 26.4 Å². The number of sulfonamides is 1. The van der Waals surface area contributed by atoms with Crippen molar-refractivity contribution in [2.75, 3.05) is 38.4 Å². The molecule has 2 aromatic rings. The molecule has 2 amide bonds. The largest absolute Gasteiger partial charge is 0.497 e. The van der Waals surface area contributed by atoms with Crippen LogP contribution >= 0.6 is 0 Å². The number of nitrogens with zero attached hydrogens (tertiary/aromatic N) is 2. The van der Waals surface area contributed by atoms with Gasteiger partial charge in [0.05, 0.1) is 26.2 Å². The number of aryl methyl sites for hydroxylation is 1. The number of ether oxygens (including phenoxy) is 2. The molecule has 0 unspecified atom stereocenters. The topological polar surface area (TPSA) is 105 Å². The van der Waals surface area contributed by atoms with Crippen molar-refractivity contribution in [3.05, 3.63) is 53.6 Å². The summed E-state index contributed by atoms with van der Waals surface area (Å²) in [7, 11) is 0.600. The van der Waals surface area contributed by atoms with E-state index in [2.05, 4.69) is 5.32 Å². The summed E-state index contributed by atoms with van der Waals surface area (Å²) < 4.78 is 36.9. The molecule has 1 atom stereocenters. The van der Waals surface area contributed by atoms with E-state index in [0.29, 0.717) is 11.5 Å². The first-order valence-corrected chi connectivity index (χ1v) is 12.1. The number of likely N-dealkylation sites (N-methyl/N-ethyl adjacent to an activating group) is 1. The zero-order valence-electron chi connectivity index (χ0n) is 19.8. The standard InChI is InChI=1S/C23H31N3O6S/c1-16-10-11-21(32-5)20(12-16)26(33(6,29)30)15-22(27)25(17(2)23(28)24-3)14-18-8-7-9-19(13-18)31-4/h7-13,17H,14-15H2,1-6H3,(H,24,28)/t17-/m1/s1. The molecule has 1 N–H and O–H groups in total. The summed E-state index contributed by atoms with van der Waals surface area (Å²) in [5.41, 5.74) is 1.79. The fourth-order valence-corrected chi connectivity index (χ4v) is 4.19. The van der Waals surface area contributed by atoms with Crippen molar-refractivity contribution in [2.24, 2.45) is 0 Å². The number of anilines is 1. The van der Waals surface area contributed by atoms with Gasteiger partial charge in [0.25, 0.3) is 0 Å². The average Bonchev–Trinajstić information content (AvgIpc) is 2.79. The lowest BCUT2D eigenvalue weighted by Crippen LogP contribution is -2.50. The van der Waals surface area contributed by atoms with E-state index in [-0.39, 0.29) is 18.1 Å². The Kier molecular flexibility index (Phi) is 8.69. The predicted octanol–water partition coefficient (Wildman–Crippen LogP) is 1.94. The molecule has 0 saturated heterocycles. The molecular weight excluding hydrogens is 446 g/mol. The molecule has 0 heterocycles. The van der Waals surface area contributed by atoms with Gasteiger partial charge in [-0.2, -0.15) is 0 Å². The Hall–Kier alpha value is -3.27. The SMILES string of the molecule is CNC(=O)[C@@H](C)N(Cc1cccc(OC)c1)C(=O)CN(c1cc(C)ccc1OC)S(C)(=O)=O. The van der Waals surface area contributed by atoms with Crippen LogP contribution < -0.4 is 19.1 Å². The van der Waals surface area contributed by atoms with Gasteiger partial charge in [-0.25, -0.2) is 8.42 Å². The van der Waals surface area contributed by atoms with Crippen LogP contribution in [0, 0.1) is 6.92 Å². The summed E-state index contributed by atoms with van der Waals surface area (Å²) in [6, 6.07) is 11.3. The van der Waals surface area contributed by atoms with E-state index in [1.54, 1.807) is 49.4 Å². The second-order valence-corrected chi connectivity index (χ2v) is 9.52. The van der Waals surface area contributed by atoms with Gasteiger partial charge in [-0.15, -0.1) is 0 Å². The first-order valence-electron chi connectivity index (χ1n) is 10.3. The van der Waals surface area contributed by atoms with Crippen LogP contribution in [0.2, 0.25) is 0 Å². The molecule has 0 fully saturated rings. The first-order chi connectivity index (χ1) is 15.5. The molecule has 0 spiro atoms. The highest BCUT2D eigenvalue weighted by Gasteiger charge is 2.31. The number of nitrogens with one attached hydrogen (secondary N) is 1. The van der Waals surface area contributed by atoms with Gasteiger partial charge in [-0.1, -0.05) is 18.2 Å². The van der Waals surface area contributed by atoms with Gasteiger partial charge in [0, 0.05) is 13.6 Å². The second kappa shape index (κ2) is 11.0. The Morgan fingerprint density at radius 3 is 2.36 bits per heavy atom. The highest BCUT2D eigenvalue weighted by atomic mass is 32.2. The zero-order chi connectivity index (χ0) is 24.8. The van der Waals surface area contributed by atoms with Crippen molar-refractivity contribution < 1.29 is 27.5 Å². The van der Waals surface area contributed by atoms with E-state index >= 15 is 0 Å². The number of benzene rings is 2. The van der Waals surface area contributed by atoms with Crippen LogP contribution in [-0.2, 0) is 26.2 Å². The third-order valence-electron chi connectivity index (χ3n) is 5.18. The normalized spacial score (nSPS) is 11.9. The minimum absolute atomic E-state index is 0.0905. The van der Waals surface area contributed by atoms with Crippen molar-refractivity contribution in [1.29, 1.82) is 0 Å². The summed E-state index contributed by atoms with van der Waals surface area (Å²) in [6.45, 7) is 3.00. The van der Waals surface area contributed by atoms with Crippen molar-refractivity contribution in [3.8, 4) is 11.5 Å². The summed E-state index contributed by atoms with van der Waals surface area (Å²) >= 11 is 0. The van der Waals surface area contributed by atoms with Gasteiger partial charge in [-0.05, 0) is 49.2 Å². The van der Waals surface area contributed by atoms with Crippen LogP contribution in [0.4, 0.5) is 5.69 Å². The Balaban J connectivity index is 2.46. The Morgan fingerprint density at radius 1 is 1.09 bits per heavy atom. The van der Waals surface area contributed by atoms with Gasteiger partial charge < -0.3 is 19.7 Å². The zero-order valence-corrected chi connectivity index (χ0v) is 20.6. The maximum Gasteiger partial charge on any atom is 0.244 e. The smallest absolute Gasteiger partial charge is 0.244 e. The highest BCUT2D eigenvalue weighted by Crippen LogP contribution is 2.31. The Labute approximate surface area is 195 Å². The molecule has 0 aliphatic rings. The van der Waals surface area contributed by atoms with Gasteiger partial charge in [-0.3, -0.25) is 13.9 Å². The van der Waals surface area contributed by atoms with E-state index in [0.717, 1.165) is 21.7 Å². The van der Waals surface area contributed by atoms with Crippen LogP contribution in [0.5, 0.6) is 11.5 Å². The highest BCUT2D eigenvalue weighted by molar-refractivity contribution is 7.92. The van der Waals surface area contributed by atoms with Crippen LogP contribution in [0.15, 0.2) is 42.5 Å². The third kappa shape index (κ3) is 6.61. The summed E-state index contributed by atoms with van der Waals surface area (Å²) in [5.74, 6) is 0.0143. The van der Waals surface area contributed by atoms with Gasteiger partial charge in [0.2, 0.25) is 21.8 Å². The van der Waals surface area contributed by atoms with Crippen LogP contribution in [-0.4, -0.2) is 65.2 Å². The number of rotatable bonds is 10. The molecule has 2 rings (SSSR count). The van der Waals surface area contributed by atoms with Crippen LogP contribution in [0.1, 0.15) is 18.1 Å². The number of methoxy groups -OCH3 is 2. The van der Waals surface area contributed by atoms with Gasteiger partial charge >= 0.3 is 0 Å². The van der Waals surface area contributed by atoms with E-state index in [1.165, 1.54) is 26.2 Å². The molecule has 0 aliphatic carbocycles. The number of carbonyl (C=O) groups excluding carboxylic acids is 2. The maximum absolute atomic E-state index is 13.4. The second-order valence-electron chi connectivity index (χ2n) is 7.61. The molecule has 0 bridgehead atoms. The number of hydrogen-bond donors (Lipinski definition) is 1. The molecule has 10 heteroatoms. The molecule has 9 nitrogen and oxygen atoms in total. The fraction of sp³-hybridized carbons (Fsp3) is 0.391. The number of amides is 2. The molecule has 33 heavy (non-hydrogen) atoms. The summed E-state index contributed by atoms with van der Waals surface area (Å²) in [6.07, 6.45) is 1.02. The minimum Gasteiger partial charge on any atom is -0.497 e. The quantitative estimate of drug-likeness (QED) is 0.561. The molecule has 180 valence electrons. The van der Waals surface area contributed by atoms with E-state index in [1.807, 2.05) is 6.92 Å². The van der Waals surface area contributed by atoms with E-state index in [9.17, 15) is 18.0 Å². The summed E-state index contributed by atoms with van der Waals surface area (Å²) in [4.78, 5) is 27.2. The number of carbonyl (C=O) groups is 2. The molecule has 0 aliphatic heterocycles. The predicted molar refractivity (Wildman–Crippen MR) is 127 cm³/mol. The van der Waals surface area contributed by atoms with E-state index < -0.39 is 28.5 Å². The lowest BCUT2D eigenvalue weighted by molar-refractivity contribution is -0.139. The molecular formula is C23H31N3O6S. The summed E-state index contributed by atoms with van der Waals surface area (Å²) in [5, 5.41) is 2.54. The fourth-order valence-electron chi connectivity index (χ4n) is 3.35. The van der Waals surface area contributed by atoms with Gasteiger partial charge in [0.1, 0.15) is 24.1 Å². The third-order valence-corrected chi connectivity index (χ3v) is 6.31. The average molecular weight is 478 g/mol. The van der Waals surface area contributed by atoms with Crippen molar-refractivity contribution >= 4 is 27.5 Å². The van der Waals surface area contributed by atoms with Crippen LogP contribution in [0.25, 0.3) is 0 Å². The minimum atomic E-state index is -3.85. The lowest BCUT2D eigenvalue weighted by Gasteiger charge is -2.31. The van der Waals surface area contributed by atoms with Gasteiger partial charge in [0.15, 0.2) is 0 Å². The Bertz CT molecular complexity index is 1100. The van der Waals surface area contributed by atoms with E-state index in [4.69, 9.17) is 9.47 Å². The molecule has 2 aromatic carbocycles. The van der Waals surface area contributed by atoms with Crippen molar-refractivity contribution in [1.82, 2.24) is 10.2 Å².